The zero-order valence-electron chi connectivity index (χ0n) is 13.1. The monoisotopic (exact) mass is 324 g/mol. The molecule has 0 fully saturated rings. The number of nitrogens with one attached hydrogen (secondary N) is 2. The lowest BCUT2D eigenvalue weighted by Crippen LogP contribution is -2.16. The molecule has 0 aliphatic rings. The first kappa shape index (κ1) is 16.9. The molecular weight excluding hydrogens is 308 g/mol. The number of rotatable bonds is 6. The van der Waals surface area contributed by atoms with E-state index in [9.17, 15) is 9.59 Å². The average Bonchev–Trinajstić information content (AvgIpc) is 3.04. The Hall–Kier alpha value is -3.48. The number of H-pyrrole nitrogens is 1. The van der Waals surface area contributed by atoms with Gasteiger partial charge in [-0.2, -0.15) is 5.10 Å². The molecule has 7 nitrogen and oxygen atoms in total. The van der Waals surface area contributed by atoms with Gasteiger partial charge in [-0.1, -0.05) is 25.3 Å². The minimum absolute atomic E-state index is 0.119. The van der Waals surface area contributed by atoms with E-state index in [1.807, 2.05) is 0 Å². The number of benzene rings is 1. The van der Waals surface area contributed by atoms with Crippen molar-refractivity contribution in [1.29, 1.82) is 0 Å². The fourth-order valence-electron chi connectivity index (χ4n) is 1.98. The van der Waals surface area contributed by atoms with E-state index in [1.165, 1.54) is 31.6 Å². The summed E-state index contributed by atoms with van der Waals surface area (Å²) in [6.45, 7) is 7.06. The van der Waals surface area contributed by atoms with Crippen molar-refractivity contribution in [2.45, 2.75) is 0 Å². The van der Waals surface area contributed by atoms with Gasteiger partial charge in [0.05, 0.1) is 30.1 Å². The number of methoxy groups -OCH3 is 1. The number of carbonyl (C=O) groups is 2. The molecule has 1 aromatic heterocycles. The maximum Gasteiger partial charge on any atom is 0.340 e. The Bertz CT molecular complexity index is 862. The van der Waals surface area contributed by atoms with Gasteiger partial charge in [0.2, 0.25) is 0 Å². The third kappa shape index (κ3) is 3.64. The van der Waals surface area contributed by atoms with Gasteiger partial charge >= 0.3 is 5.97 Å². The van der Waals surface area contributed by atoms with E-state index in [1.54, 1.807) is 18.3 Å². The number of aromatic amines is 1. The second-order valence-electron chi connectivity index (χ2n) is 4.60. The molecule has 0 saturated heterocycles. The summed E-state index contributed by atoms with van der Waals surface area (Å²) in [7, 11) is 1.27. The molecule has 122 valence electrons. The number of esters is 1. The minimum atomic E-state index is -0.578. The van der Waals surface area contributed by atoms with Gasteiger partial charge in [0.1, 0.15) is 5.70 Å². The number of carbonyl (C=O) groups excluding carboxylic acids is 2. The number of aliphatic imine (C=N–C) groups is 1. The quantitative estimate of drug-likeness (QED) is 0.369. The summed E-state index contributed by atoms with van der Waals surface area (Å²) in [4.78, 5) is 28.3. The van der Waals surface area contributed by atoms with Crippen LogP contribution in [0.2, 0.25) is 0 Å². The summed E-state index contributed by atoms with van der Waals surface area (Å²) in [5.74, 6) is -1.08. The molecule has 0 saturated carbocycles. The molecule has 1 amide bonds. The molecular formula is C17H16N4O3. The van der Waals surface area contributed by atoms with Crippen molar-refractivity contribution in [3.8, 4) is 0 Å². The van der Waals surface area contributed by atoms with E-state index in [4.69, 9.17) is 4.74 Å². The second kappa shape index (κ2) is 7.68. The van der Waals surface area contributed by atoms with Crippen LogP contribution in [-0.4, -0.2) is 35.4 Å². The number of ether oxygens (including phenoxy) is 1. The van der Waals surface area contributed by atoms with E-state index < -0.39 is 11.9 Å². The standard InChI is InChI=1S/C17H16N4O3/c1-4-6-13(18-7-5-2)16(22)20-15-8-11-10-19-21-14(11)9-12(15)17(23)24-3/h4-10H,1-2H2,3H3,(H,19,21)(H,20,22)/b13-6-,18-7?. The van der Waals surface area contributed by atoms with Crippen molar-refractivity contribution in [3.63, 3.8) is 0 Å². The molecule has 7 heteroatoms. The van der Waals surface area contributed by atoms with Crippen molar-refractivity contribution < 1.29 is 14.3 Å². The summed E-state index contributed by atoms with van der Waals surface area (Å²) < 4.78 is 4.76. The van der Waals surface area contributed by atoms with Crippen LogP contribution in [0.1, 0.15) is 10.4 Å². The largest absolute Gasteiger partial charge is 0.465 e. The molecule has 1 heterocycles. The summed E-state index contributed by atoms with van der Waals surface area (Å²) in [5, 5.41) is 10.1. The second-order valence-corrected chi connectivity index (χ2v) is 4.60. The number of nitrogens with zero attached hydrogens (tertiary/aromatic N) is 2. The molecule has 2 rings (SSSR count). The molecule has 0 aliphatic heterocycles. The Labute approximate surface area is 138 Å². The normalized spacial score (nSPS) is 11.5. The Morgan fingerprint density at radius 3 is 2.79 bits per heavy atom. The van der Waals surface area contributed by atoms with Gasteiger partial charge in [0.25, 0.3) is 5.91 Å². The molecule has 0 bridgehead atoms. The van der Waals surface area contributed by atoms with E-state index in [0.717, 1.165) is 5.39 Å². The fraction of sp³-hybridized carbons (Fsp3) is 0.0588. The number of hydrogen-bond donors (Lipinski definition) is 2. The first-order valence-electron chi connectivity index (χ1n) is 6.95. The SMILES string of the molecule is C=CC=N/C(=C\C=C)C(=O)Nc1cc2cn[nH]c2cc1C(=O)OC. The maximum atomic E-state index is 12.4. The van der Waals surface area contributed by atoms with Gasteiger partial charge in [0.15, 0.2) is 0 Å². The van der Waals surface area contributed by atoms with E-state index in [0.29, 0.717) is 11.2 Å². The van der Waals surface area contributed by atoms with Crippen molar-refractivity contribution in [1.82, 2.24) is 10.2 Å². The molecule has 0 spiro atoms. The van der Waals surface area contributed by atoms with Gasteiger partial charge in [-0.3, -0.25) is 14.9 Å². The van der Waals surface area contributed by atoms with Crippen molar-refractivity contribution in [2.75, 3.05) is 12.4 Å². The molecule has 0 aliphatic carbocycles. The van der Waals surface area contributed by atoms with Gasteiger partial charge < -0.3 is 10.1 Å². The average molecular weight is 324 g/mol. The van der Waals surface area contributed by atoms with Crippen molar-refractivity contribution in [2.24, 2.45) is 4.99 Å². The Balaban J connectivity index is 2.43. The van der Waals surface area contributed by atoms with Gasteiger partial charge in [-0.25, -0.2) is 4.79 Å². The Morgan fingerprint density at radius 2 is 2.12 bits per heavy atom. The van der Waals surface area contributed by atoms with E-state index in [-0.39, 0.29) is 11.3 Å². The fourth-order valence-corrected chi connectivity index (χ4v) is 1.98. The predicted octanol–water partition coefficient (Wildman–Crippen LogP) is 2.61. The summed E-state index contributed by atoms with van der Waals surface area (Å²) in [6, 6.07) is 3.19. The van der Waals surface area contributed by atoms with Crippen LogP contribution < -0.4 is 5.32 Å². The van der Waals surface area contributed by atoms with Crippen LogP contribution in [-0.2, 0) is 9.53 Å². The first-order valence-corrected chi connectivity index (χ1v) is 6.95. The Morgan fingerprint density at radius 1 is 1.33 bits per heavy atom. The van der Waals surface area contributed by atoms with Crippen LogP contribution >= 0.6 is 0 Å². The molecule has 0 unspecified atom stereocenters. The summed E-state index contributed by atoms with van der Waals surface area (Å²) >= 11 is 0. The zero-order chi connectivity index (χ0) is 17.5. The van der Waals surface area contributed by atoms with Crippen LogP contribution in [0.3, 0.4) is 0 Å². The Kier molecular flexibility index (Phi) is 5.40. The third-order valence-electron chi connectivity index (χ3n) is 3.06. The number of fused-ring (bicyclic) bond motifs is 1. The number of allylic oxidation sites excluding steroid dienone is 3. The molecule has 24 heavy (non-hydrogen) atoms. The number of amides is 1. The van der Waals surface area contributed by atoms with E-state index in [2.05, 4.69) is 33.7 Å². The highest BCUT2D eigenvalue weighted by Crippen LogP contribution is 2.24. The molecule has 1 aromatic carbocycles. The van der Waals surface area contributed by atoms with E-state index >= 15 is 0 Å². The molecule has 0 radical (unpaired) electrons. The summed E-state index contributed by atoms with van der Waals surface area (Å²) in [6.07, 6.45) is 7.30. The highest BCUT2D eigenvalue weighted by molar-refractivity contribution is 6.10. The van der Waals surface area contributed by atoms with Crippen molar-refractivity contribution in [3.05, 3.63) is 61.0 Å². The van der Waals surface area contributed by atoms with Gasteiger partial charge in [-0.05, 0) is 18.2 Å². The lowest BCUT2D eigenvalue weighted by atomic mass is 10.1. The van der Waals surface area contributed by atoms with Crippen LogP contribution in [0.4, 0.5) is 5.69 Å². The van der Waals surface area contributed by atoms with Crippen LogP contribution in [0, 0.1) is 0 Å². The van der Waals surface area contributed by atoms with Crippen LogP contribution in [0.15, 0.2) is 60.4 Å². The van der Waals surface area contributed by atoms with Crippen molar-refractivity contribution >= 4 is 34.7 Å². The third-order valence-corrected chi connectivity index (χ3v) is 3.06. The first-order chi connectivity index (χ1) is 11.6. The summed E-state index contributed by atoms with van der Waals surface area (Å²) in [5.41, 5.74) is 1.27. The predicted molar refractivity (Wildman–Crippen MR) is 93.0 cm³/mol. The van der Waals surface area contributed by atoms with Crippen LogP contribution in [0.25, 0.3) is 10.9 Å². The maximum absolute atomic E-state index is 12.4. The van der Waals surface area contributed by atoms with Crippen LogP contribution in [0.5, 0.6) is 0 Å². The lowest BCUT2D eigenvalue weighted by molar-refractivity contribution is -0.112. The highest BCUT2D eigenvalue weighted by Gasteiger charge is 2.17. The van der Waals surface area contributed by atoms with Gasteiger partial charge in [0, 0.05) is 11.6 Å². The molecule has 0 atom stereocenters. The zero-order valence-corrected chi connectivity index (χ0v) is 13.1. The highest BCUT2D eigenvalue weighted by atomic mass is 16.5. The topological polar surface area (TPSA) is 96.4 Å². The lowest BCUT2D eigenvalue weighted by Gasteiger charge is -2.10. The number of hydrogen-bond acceptors (Lipinski definition) is 5. The number of aromatic nitrogens is 2. The van der Waals surface area contributed by atoms with Gasteiger partial charge in [-0.15, -0.1) is 0 Å². The minimum Gasteiger partial charge on any atom is -0.465 e. The smallest absolute Gasteiger partial charge is 0.340 e. The number of anilines is 1. The molecule has 2 aromatic rings. The molecule has 2 N–H and O–H groups in total.